The molecule has 3 N–H and O–H groups in total. The van der Waals surface area contributed by atoms with Gasteiger partial charge in [0, 0.05) is 12.6 Å². The molecule has 1 fully saturated rings. The Morgan fingerprint density at radius 2 is 2.06 bits per heavy atom. The lowest BCUT2D eigenvalue weighted by molar-refractivity contribution is 0.0843. The molecule has 0 aromatic heterocycles. The quantitative estimate of drug-likeness (QED) is 0.709. The molecule has 4 heteroatoms. The molecule has 0 amide bonds. The molecule has 1 saturated carbocycles. The summed E-state index contributed by atoms with van der Waals surface area (Å²) in [5, 5.41) is 30.5. The molecular weight excluding hydrogens is 228 g/mol. The maximum Gasteiger partial charge on any atom is 0.0895 e. The van der Waals surface area contributed by atoms with E-state index in [0.717, 1.165) is 18.4 Å². The first kappa shape index (κ1) is 13.0. The molecular formula is C14H18N2O2. The number of hydrogen-bond donors (Lipinski definition) is 3. The Bertz CT molecular complexity index is 421. The molecule has 0 aliphatic heterocycles. The van der Waals surface area contributed by atoms with E-state index in [9.17, 15) is 10.4 Å². The van der Waals surface area contributed by atoms with Crippen LogP contribution in [0.1, 0.15) is 18.4 Å². The zero-order valence-electron chi connectivity index (χ0n) is 10.2. The molecule has 2 rings (SSSR count). The van der Waals surface area contributed by atoms with Crippen LogP contribution in [0.3, 0.4) is 0 Å². The number of hydrogen-bond acceptors (Lipinski definition) is 4. The summed E-state index contributed by atoms with van der Waals surface area (Å²) >= 11 is 0. The zero-order valence-corrected chi connectivity index (χ0v) is 10.2. The van der Waals surface area contributed by atoms with Gasteiger partial charge in [0.2, 0.25) is 0 Å². The summed E-state index contributed by atoms with van der Waals surface area (Å²) in [5.41, 5.74) is 0.677. The summed E-state index contributed by atoms with van der Waals surface area (Å²) in [6, 6.07) is 12.5. The molecule has 1 aliphatic rings. The number of nitrogens with one attached hydrogen (secondary N) is 1. The topological polar surface area (TPSA) is 76.3 Å². The number of rotatable bonds is 5. The zero-order chi connectivity index (χ0) is 13.0. The van der Waals surface area contributed by atoms with Crippen molar-refractivity contribution in [1.82, 2.24) is 5.32 Å². The van der Waals surface area contributed by atoms with Crippen LogP contribution >= 0.6 is 0 Å². The minimum atomic E-state index is -0.723. The molecule has 0 saturated heterocycles. The average Bonchev–Trinajstić information content (AvgIpc) is 2.38. The van der Waals surface area contributed by atoms with Gasteiger partial charge in [0.15, 0.2) is 0 Å². The van der Waals surface area contributed by atoms with Crippen LogP contribution in [0, 0.1) is 11.3 Å². The Morgan fingerprint density at radius 1 is 1.39 bits per heavy atom. The van der Waals surface area contributed by atoms with E-state index < -0.39 is 6.10 Å². The highest BCUT2D eigenvalue weighted by molar-refractivity contribution is 5.36. The molecule has 1 aromatic rings. The number of nitrogens with zero attached hydrogens (tertiary/aromatic N) is 1. The van der Waals surface area contributed by atoms with Gasteiger partial charge in [-0.25, -0.2) is 0 Å². The van der Waals surface area contributed by atoms with E-state index in [0.29, 0.717) is 6.54 Å². The highest BCUT2D eigenvalue weighted by Gasteiger charge is 2.45. The lowest BCUT2D eigenvalue weighted by Crippen LogP contribution is -2.52. The van der Waals surface area contributed by atoms with Gasteiger partial charge < -0.3 is 15.5 Å². The van der Waals surface area contributed by atoms with Crippen molar-refractivity contribution in [3.8, 4) is 6.07 Å². The molecule has 1 aromatic carbocycles. The summed E-state index contributed by atoms with van der Waals surface area (Å²) in [5.74, 6) is 0. The normalized spacial score (nSPS) is 28.2. The minimum Gasteiger partial charge on any atom is -0.394 e. The van der Waals surface area contributed by atoms with E-state index in [1.807, 2.05) is 30.3 Å². The summed E-state index contributed by atoms with van der Waals surface area (Å²) in [7, 11) is 0. The van der Waals surface area contributed by atoms with Gasteiger partial charge >= 0.3 is 0 Å². The first-order valence-corrected chi connectivity index (χ1v) is 6.19. The van der Waals surface area contributed by atoms with Gasteiger partial charge in [-0.3, -0.25) is 0 Å². The van der Waals surface area contributed by atoms with Crippen molar-refractivity contribution < 1.29 is 10.2 Å². The second-order valence-electron chi connectivity index (χ2n) is 4.91. The van der Waals surface area contributed by atoms with Crippen LogP contribution in [-0.4, -0.2) is 35.5 Å². The Kier molecular flexibility index (Phi) is 3.97. The van der Waals surface area contributed by atoms with Gasteiger partial charge in [-0.15, -0.1) is 0 Å². The second-order valence-corrected chi connectivity index (χ2v) is 4.91. The van der Waals surface area contributed by atoms with Crippen molar-refractivity contribution in [2.24, 2.45) is 0 Å². The summed E-state index contributed by atoms with van der Waals surface area (Å²) in [6.45, 7) is 0.138. The Labute approximate surface area is 107 Å². The highest BCUT2D eigenvalue weighted by atomic mass is 16.3. The van der Waals surface area contributed by atoms with Crippen LogP contribution in [0.2, 0.25) is 0 Å². The SMILES string of the molecule is N#CC1(c2ccccc2)CC(NCC(O)CO)C1. The largest absolute Gasteiger partial charge is 0.394 e. The average molecular weight is 246 g/mol. The van der Waals surface area contributed by atoms with Crippen molar-refractivity contribution in [3.05, 3.63) is 35.9 Å². The molecule has 18 heavy (non-hydrogen) atoms. The maximum atomic E-state index is 9.36. The first-order valence-electron chi connectivity index (χ1n) is 6.19. The summed E-state index contributed by atoms with van der Waals surface area (Å²) < 4.78 is 0. The molecule has 0 bridgehead atoms. The van der Waals surface area contributed by atoms with Crippen molar-refractivity contribution in [2.75, 3.05) is 13.2 Å². The van der Waals surface area contributed by atoms with Crippen LogP contribution in [0.15, 0.2) is 30.3 Å². The molecule has 4 nitrogen and oxygen atoms in total. The van der Waals surface area contributed by atoms with E-state index in [4.69, 9.17) is 5.11 Å². The van der Waals surface area contributed by atoms with Crippen LogP contribution in [0.4, 0.5) is 0 Å². The molecule has 96 valence electrons. The van der Waals surface area contributed by atoms with Crippen molar-refractivity contribution in [2.45, 2.75) is 30.4 Å². The molecule has 0 radical (unpaired) electrons. The smallest absolute Gasteiger partial charge is 0.0895 e. The van der Waals surface area contributed by atoms with Gasteiger partial charge in [0.25, 0.3) is 0 Å². The Hall–Kier alpha value is -1.41. The van der Waals surface area contributed by atoms with Gasteiger partial charge in [-0.05, 0) is 18.4 Å². The molecule has 1 atom stereocenters. The lowest BCUT2D eigenvalue weighted by atomic mass is 9.62. The van der Waals surface area contributed by atoms with Gasteiger partial charge in [-0.2, -0.15) is 5.26 Å². The van der Waals surface area contributed by atoms with Crippen molar-refractivity contribution >= 4 is 0 Å². The van der Waals surface area contributed by atoms with E-state index in [1.54, 1.807) is 0 Å². The fourth-order valence-corrected chi connectivity index (χ4v) is 2.44. The standard InChI is InChI=1S/C14H18N2O2/c15-10-14(11-4-2-1-3-5-11)6-12(7-14)16-8-13(18)9-17/h1-5,12-13,16-18H,6-9H2. The van der Waals surface area contributed by atoms with Crippen molar-refractivity contribution in [3.63, 3.8) is 0 Å². The van der Waals surface area contributed by atoms with Crippen LogP contribution in [0.25, 0.3) is 0 Å². The third kappa shape index (κ3) is 2.54. The molecule has 1 unspecified atom stereocenters. The monoisotopic (exact) mass is 246 g/mol. The van der Waals surface area contributed by atoms with E-state index in [1.165, 1.54) is 0 Å². The Morgan fingerprint density at radius 3 is 2.61 bits per heavy atom. The number of aliphatic hydroxyl groups is 2. The first-order chi connectivity index (χ1) is 8.70. The van der Waals surface area contributed by atoms with E-state index >= 15 is 0 Å². The number of aliphatic hydroxyl groups excluding tert-OH is 2. The Balaban J connectivity index is 1.91. The molecule has 0 heterocycles. The third-order valence-corrected chi connectivity index (χ3v) is 3.58. The predicted octanol–water partition coefficient (Wildman–Crippen LogP) is 0.553. The van der Waals surface area contributed by atoms with Crippen LogP contribution < -0.4 is 5.32 Å². The maximum absolute atomic E-state index is 9.36. The van der Waals surface area contributed by atoms with Crippen LogP contribution in [-0.2, 0) is 5.41 Å². The third-order valence-electron chi connectivity index (χ3n) is 3.58. The van der Waals surface area contributed by atoms with E-state index in [2.05, 4.69) is 11.4 Å². The van der Waals surface area contributed by atoms with Gasteiger partial charge in [0.1, 0.15) is 0 Å². The number of nitriles is 1. The molecule has 1 aliphatic carbocycles. The fourth-order valence-electron chi connectivity index (χ4n) is 2.44. The minimum absolute atomic E-state index is 0.234. The summed E-state index contributed by atoms with van der Waals surface area (Å²) in [4.78, 5) is 0. The van der Waals surface area contributed by atoms with Crippen molar-refractivity contribution in [1.29, 1.82) is 5.26 Å². The van der Waals surface area contributed by atoms with Gasteiger partial charge in [-0.1, -0.05) is 30.3 Å². The summed E-state index contributed by atoms with van der Waals surface area (Å²) in [6.07, 6.45) is 0.788. The van der Waals surface area contributed by atoms with E-state index in [-0.39, 0.29) is 18.1 Å². The second kappa shape index (κ2) is 5.49. The number of benzene rings is 1. The predicted molar refractivity (Wildman–Crippen MR) is 67.9 cm³/mol. The fraction of sp³-hybridized carbons (Fsp3) is 0.500. The highest BCUT2D eigenvalue weighted by Crippen LogP contribution is 2.43. The molecule has 0 spiro atoms. The lowest BCUT2D eigenvalue weighted by Gasteiger charge is -2.43. The van der Waals surface area contributed by atoms with Crippen LogP contribution in [0.5, 0.6) is 0 Å². The van der Waals surface area contributed by atoms with Gasteiger partial charge in [0.05, 0.1) is 24.2 Å².